The zero-order valence-corrected chi connectivity index (χ0v) is 10.9. The number of amides is 1. The van der Waals surface area contributed by atoms with E-state index in [1.165, 1.54) is 0 Å². The molecule has 0 atom stereocenters. The highest BCUT2D eigenvalue weighted by molar-refractivity contribution is 7.09. The van der Waals surface area contributed by atoms with Crippen molar-refractivity contribution in [2.45, 2.75) is 20.3 Å². The second kappa shape index (κ2) is 5.09. The maximum Gasteiger partial charge on any atom is 0.257 e. The molecule has 0 fully saturated rings. The lowest BCUT2D eigenvalue weighted by molar-refractivity contribution is 0.102. The molecule has 2 heterocycles. The minimum Gasteiger partial charge on any atom is -0.384 e. The highest BCUT2D eigenvalue weighted by atomic mass is 32.1. The number of aromatic nitrogens is 3. The molecule has 0 aliphatic heterocycles. The Morgan fingerprint density at radius 1 is 1.44 bits per heavy atom. The Balaban J connectivity index is 2.20. The van der Waals surface area contributed by atoms with Crippen LogP contribution in [-0.2, 0) is 6.42 Å². The van der Waals surface area contributed by atoms with Gasteiger partial charge in [0.25, 0.3) is 5.91 Å². The average molecular weight is 263 g/mol. The first-order chi connectivity index (χ1) is 8.58. The maximum absolute atomic E-state index is 12.0. The normalized spacial score (nSPS) is 10.3. The Hall–Kier alpha value is -2.02. The summed E-state index contributed by atoms with van der Waals surface area (Å²) in [5, 5.41) is 3.16. The Morgan fingerprint density at radius 2 is 2.22 bits per heavy atom. The molecule has 2 rings (SSSR count). The first kappa shape index (κ1) is 12.4. The number of pyridine rings is 1. The summed E-state index contributed by atoms with van der Waals surface area (Å²) in [6.07, 6.45) is 0.725. The highest BCUT2D eigenvalue weighted by Crippen LogP contribution is 2.14. The molecule has 1 amide bonds. The van der Waals surface area contributed by atoms with E-state index in [0.717, 1.165) is 23.6 Å². The smallest absolute Gasteiger partial charge is 0.257 e. The van der Waals surface area contributed by atoms with Crippen LogP contribution >= 0.6 is 11.5 Å². The van der Waals surface area contributed by atoms with Gasteiger partial charge < -0.3 is 5.73 Å². The lowest BCUT2D eigenvalue weighted by Gasteiger charge is -2.04. The fraction of sp³-hybridized carbons (Fsp3) is 0.273. The fourth-order valence-electron chi connectivity index (χ4n) is 1.44. The summed E-state index contributed by atoms with van der Waals surface area (Å²) in [7, 11) is 0. The van der Waals surface area contributed by atoms with Crippen LogP contribution in [0.2, 0.25) is 0 Å². The quantitative estimate of drug-likeness (QED) is 0.878. The van der Waals surface area contributed by atoms with Gasteiger partial charge in [-0.15, -0.1) is 0 Å². The molecular formula is C11H13N5OS. The summed E-state index contributed by atoms with van der Waals surface area (Å²) in [6, 6.07) is 3.27. The Bertz CT molecular complexity index is 581. The second-order valence-electron chi connectivity index (χ2n) is 3.73. The Labute approximate surface area is 108 Å². The van der Waals surface area contributed by atoms with Crippen LogP contribution in [0.25, 0.3) is 0 Å². The van der Waals surface area contributed by atoms with Crippen molar-refractivity contribution in [1.29, 1.82) is 0 Å². The van der Waals surface area contributed by atoms with Crippen molar-refractivity contribution >= 4 is 28.4 Å². The fourth-order valence-corrected chi connectivity index (χ4v) is 2.01. The van der Waals surface area contributed by atoms with Gasteiger partial charge in [0.2, 0.25) is 5.13 Å². The third-order valence-electron chi connectivity index (χ3n) is 2.27. The predicted octanol–water partition coefficient (Wildman–Crippen LogP) is 1.64. The summed E-state index contributed by atoms with van der Waals surface area (Å²) in [4.78, 5) is 20.2. The molecule has 0 aliphatic rings. The zero-order chi connectivity index (χ0) is 13.1. The van der Waals surface area contributed by atoms with Gasteiger partial charge in [-0.2, -0.15) is 4.37 Å². The van der Waals surface area contributed by atoms with Crippen LogP contribution < -0.4 is 11.1 Å². The molecule has 0 radical (unpaired) electrons. The molecule has 0 bridgehead atoms. The van der Waals surface area contributed by atoms with Crippen LogP contribution in [-0.4, -0.2) is 20.2 Å². The van der Waals surface area contributed by atoms with Crippen molar-refractivity contribution in [3.63, 3.8) is 0 Å². The third kappa shape index (κ3) is 2.80. The van der Waals surface area contributed by atoms with Gasteiger partial charge in [0.15, 0.2) is 0 Å². The summed E-state index contributed by atoms with van der Waals surface area (Å²) in [6.45, 7) is 3.73. The number of nitrogens with zero attached hydrogens (tertiary/aromatic N) is 3. The first-order valence-electron chi connectivity index (χ1n) is 5.46. The molecule has 6 nitrogen and oxygen atoms in total. The van der Waals surface area contributed by atoms with Crippen LogP contribution in [0.4, 0.5) is 10.9 Å². The van der Waals surface area contributed by atoms with Gasteiger partial charge in [-0.25, -0.2) is 9.97 Å². The second-order valence-corrected chi connectivity index (χ2v) is 4.48. The number of carbonyl (C=O) groups is 1. The van der Waals surface area contributed by atoms with Crippen molar-refractivity contribution in [2.75, 3.05) is 11.1 Å². The number of nitrogens with one attached hydrogen (secondary N) is 1. The largest absolute Gasteiger partial charge is 0.384 e. The number of nitrogens with two attached hydrogens (primary N) is 1. The van der Waals surface area contributed by atoms with Crippen molar-refractivity contribution in [3.8, 4) is 0 Å². The van der Waals surface area contributed by atoms with Crippen LogP contribution in [0.1, 0.15) is 28.8 Å². The predicted molar refractivity (Wildman–Crippen MR) is 70.6 cm³/mol. The molecule has 0 spiro atoms. The van der Waals surface area contributed by atoms with E-state index in [-0.39, 0.29) is 5.91 Å². The number of anilines is 2. The SMILES string of the molecule is CCc1cc(C(=O)Nc2nc(C)ns2)cc(N)n1. The summed E-state index contributed by atoms with van der Waals surface area (Å²) < 4.78 is 3.99. The van der Waals surface area contributed by atoms with E-state index in [2.05, 4.69) is 19.7 Å². The summed E-state index contributed by atoms with van der Waals surface area (Å²) >= 11 is 1.15. The van der Waals surface area contributed by atoms with E-state index in [9.17, 15) is 4.79 Å². The van der Waals surface area contributed by atoms with Crippen LogP contribution in [0.3, 0.4) is 0 Å². The van der Waals surface area contributed by atoms with Gasteiger partial charge in [-0.05, 0) is 25.5 Å². The molecule has 0 aliphatic carbocycles. The molecular weight excluding hydrogens is 250 g/mol. The molecule has 0 saturated heterocycles. The number of rotatable bonds is 3. The summed E-state index contributed by atoms with van der Waals surface area (Å²) in [5.41, 5.74) is 6.92. The van der Waals surface area contributed by atoms with E-state index < -0.39 is 0 Å². The minimum atomic E-state index is -0.255. The molecule has 7 heteroatoms. The number of nitrogen functional groups attached to an aromatic ring is 1. The van der Waals surface area contributed by atoms with Gasteiger partial charge >= 0.3 is 0 Å². The van der Waals surface area contributed by atoms with Crippen LogP contribution in [0.5, 0.6) is 0 Å². The van der Waals surface area contributed by atoms with Gasteiger partial charge in [0, 0.05) is 22.8 Å². The van der Waals surface area contributed by atoms with Crippen molar-refractivity contribution in [3.05, 3.63) is 29.2 Å². The molecule has 18 heavy (non-hydrogen) atoms. The average Bonchev–Trinajstić information content (AvgIpc) is 2.73. The lowest BCUT2D eigenvalue weighted by Crippen LogP contribution is -2.13. The highest BCUT2D eigenvalue weighted by Gasteiger charge is 2.11. The molecule has 2 aromatic heterocycles. The van der Waals surface area contributed by atoms with Gasteiger partial charge in [-0.1, -0.05) is 6.92 Å². The monoisotopic (exact) mass is 263 g/mol. The van der Waals surface area contributed by atoms with Crippen LogP contribution in [0, 0.1) is 6.92 Å². The number of hydrogen-bond donors (Lipinski definition) is 2. The zero-order valence-electron chi connectivity index (χ0n) is 10.1. The van der Waals surface area contributed by atoms with Crippen LogP contribution in [0.15, 0.2) is 12.1 Å². The van der Waals surface area contributed by atoms with E-state index in [0.29, 0.717) is 22.3 Å². The van der Waals surface area contributed by atoms with Gasteiger partial charge in [0.05, 0.1) is 0 Å². The first-order valence-corrected chi connectivity index (χ1v) is 6.24. The topological polar surface area (TPSA) is 93.8 Å². The number of aryl methyl sites for hydroxylation is 2. The van der Waals surface area contributed by atoms with E-state index in [4.69, 9.17) is 5.73 Å². The number of hydrogen-bond acceptors (Lipinski definition) is 6. The van der Waals surface area contributed by atoms with Crippen molar-refractivity contribution < 1.29 is 4.79 Å². The number of carbonyl (C=O) groups excluding carboxylic acids is 1. The van der Waals surface area contributed by atoms with Gasteiger partial charge in [-0.3, -0.25) is 10.1 Å². The molecule has 2 aromatic rings. The van der Waals surface area contributed by atoms with E-state index >= 15 is 0 Å². The molecule has 94 valence electrons. The Kier molecular flexibility index (Phi) is 3.52. The van der Waals surface area contributed by atoms with E-state index in [1.807, 2.05) is 6.92 Å². The molecule has 0 aromatic carbocycles. The maximum atomic E-state index is 12.0. The Morgan fingerprint density at radius 3 is 2.83 bits per heavy atom. The molecule has 0 unspecified atom stereocenters. The standard InChI is InChI=1S/C11H13N5OS/c1-3-8-4-7(5-9(12)14-8)10(17)15-11-13-6(2)16-18-11/h4-5H,3H2,1-2H3,(H2,12,14)(H,13,15,16,17). The summed E-state index contributed by atoms with van der Waals surface area (Å²) in [5.74, 6) is 0.724. The third-order valence-corrected chi connectivity index (χ3v) is 2.99. The van der Waals surface area contributed by atoms with Crippen molar-refractivity contribution in [1.82, 2.24) is 14.3 Å². The van der Waals surface area contributed by atoms with Crippen molar-refractivity contribution in [2.24, 2.45) is 0 Å². The lowest BCUT2D eigenvalue weighted by atomic mass is 10.2. The van der Waals surface area contributed by atoms with Gasteiger partial charge in [0.1, 0.15) is 11.6 Å². The minimum absolute atomic E-state index is 0.255. The van der Waals surface area contributed by atoms with E-state index in [1.54, 1.807) is 19.1 Å². The molecule has 3 N–H and O–H groups in total. The molecule has 0 saturated carbocycles.